The minimum atomic E-state index is -4.22. The van der Waals surface area contributed by atoms with Gasteiger partial charge < -0.3 is 10.1 Å². The maximum absolute atomic E-state index is 14.0. The SMILES string of the molecule is Cc1ncc(-c2sc(NC(=O)CC3CCOCC3)nc2C)cc1S(=O)(=O)Nc1ccc(F)cc1F. The van der Waals surface area contributed by atoms with E-state index >= 15 is 0 Å². The standard InChI is InChI=1S/C23H24F2N4O4S2/c1-13-20(35(31,32)29-19-4-3-17(24)11-18(19)25)10-16(12-26-13)22-14(2)27-23(34-22)28-21(30)9-15-5-7-33-8-6-15/h3-4,10-12,15,29H,5-9H2,1-2H3,(H,27,28,30). The number of anilines is 2. The lowest BCUT2D eigenvalue weighted by atomic mass is 9.96. The molecule has 0 spiro atoms. The Hall–Kier alpha value is -2.96. The van der Waals surface area contributed by atoms with E-state index in [1.807, 2.05) is 0 Å². The number of carbonyl (C=O) groups excluding carboxylic acids is 1. The number of sulfonamides is 1. The van der Waals surface area contributed by atoms with E-state index in [2.05, 4.69) is 20.0 Å². The van der Waals surface area contributed by atoms with Gasteiger partial charge in [-0.1, -0.05) is 11.3 Å². The number of hydrogen-bond donors (Lipinski definition) is 2. The molecule has 1 amide bonds. The minimum absolute atomic E-state index is 0.131. The molecule has 0 aliphatic carbocycles. The van der Waals surface area contributed by atoms with Crippen LogP contribution in [0.2, 0.25) is 0 Å². The predicted molar refractivity (Wildman–Crippen MR) is 129 cm³/mol. The Kier molecular flexibility index (Phi) is 7.43. The first-order chi connectivity index (χ1) is 16.6. The van der Waals surface area contributed by atoms with Crippen LogP contribution in [0.4, 0.5) is 19.6 Å². The highest BCUT2D eigenvalue weighted by Gasteiger charge is 2.23. The van der Waals surface area contributed by atoms with Crippen LogP contribution in [0, 0.1) is 31.4 Å². The summed E-state index contributed by atoms with van der Waals surface area (Å²) in [7, 11) is -4.22. The molecule has 2 aromatic heterocycles. The third-order valence-electron chi connectivity index (χ3n) is 5.63. The number of nitrogens with zero attached hydrogens (tertiary/aromatic N) is 2. The number of nitrogens with one attached hydrogen (secondary N) is 2. The van der Waals surface area contributed by atoms with E-state index in [9.17, 15) is 22.0 Å². The van der Waals surface area contributed by atoms with Gasteiger partial charge in [-0.25, -0.2) is 22.2 Å². The van der Waals surface area contributed by atoms with Gasteiger partial charge in [-0.3, -0.25) is 14.5 Å². The van der Waals surface area contributed by atoms with Crippen LogP contribution in [0.25, 0.3) is 10.4 Å². The quantitative estimate of drug-likeness (QED) is 0.467. The van der Waals surface area contributed by atoms with E-state index in [0.29, 0.717) is 47.0 Å². The second-order valence-corrected chi connectivity index (χ2v) is 10.9. The Balaban J connectivity index is 1.55. The molecule has 1 saturated heterocycles. The lowest BCUT2D eigenvalue weighted by Gasteiger charge is -2.20. The van der Waals surface area contributed by atoms with Crippen LogP contribution in [0.3, 0.4) is 0 Å². The van der Waals surface area contributed by atoms with Gasteiger partial charge in [0.25, 0.3) is 10.0 Å². The van der Waals surface area contributed by atoms with Crippen LogP contribution in [-0.4, -0.2) is 37.5 Å². The number of aromatic nitrogens is 2. The molecule has 0 saturated carbocycles. The number of pyridine rings is 1. The predicted octanol–water partition coefficient (Wildman–Crippen LogP) is 4.66. The van der Waals surface area contributed by atoms with Gasteiger partial charge in [0.1, 0.15) is 16.5 Å². The smallest absolute Gasteiger partial charge is 0.263 e. The molecule has 1 aliphatic heterocycles. The molecule has 1 fully saturated rings. The second-order valence-electron chi connectivity index (χ2n) is 8.28. The van der Waals surface area contributed by atoms with E-state index < -0.39 is 21.7 Å². The topological polar surface area (TPSA) is 110 Å². The maximum Gasteiger partial charge on any atom is 0.263 e. The number of amides is 1. The minimum Gasteiger partial charge on any atom is -0.381 e. The van der Waals surface area contributed by atoms with Crippen LogP contribution in [0.5, 0.6) is 0 Å². The van der Waals surface area contributed by atoms with Gasteiger partial charge in [0, 0.05) is 37.5 Å². The van der Waals surface area contributed by atoms with Gasteiger partial charge in [-0.05, 0) is 50.8 Å². The van der Waals surface area contributed by atoms with Crippen LogP contribution in [-0.2, 0) is 19.6 Å². The van der Waals surface area contributed by atoms with Gasteiger partial charge in [0.05, 0.1) is 22.0 Å². The number of benzene rings is 1. The molecule has 12 heteroatoms. The van der Waals surface area contributed by atoms with Crippen molar-refractivity contribution in [2.24, 2.45) is 5.92 Å². The van der Waals surface area contributed by atoms with Gasteiger partial charge in [0.15, 0.2) is 5.13 Å². The zero-order chi connectivity index (χ0) is 25.2. The Bertz CT molecular complexity index is 1360. The summed E-state index contributed by atoms with van der Waals surface area (Å²) in [5.41, 5.74) is 0.911. The summed E-state index contributed by atoms with van der Waals surface area (Å²) in [4.78, 5) is 21.5. The molecule has 8 nitrogen and oxygen atoms in total. The van der Waals surface area contributed by atoms with Crippen molar-refractivity contribution < 1.29 is 26.7 Å². The first-order valence-corrected chi connectivity index (χ1v) is 13.2. The fourth-order valence-corrected chi connectivity index (χ4v) is 6.03. The van der Waals surface area contributed by atoms with Crippen molar-refractivity contribution in [2.45, 2.75) is 38.0 Å². The molecule has 3 aromatic rings. The fourth-order valence-electron chi connectivity index (χ4n) is 3.78. The van der Waals surface area contributed by atoms with Crippen molar-refractivity contribution in [1.82, 2.24) is 9.97 Å². The van der Waals surface area contributed by atoms with Crippen molar-refractivity contribution in [3.63, 3.8) is 0 Å². The van der Waals surface area contributed by atoms with Crippen LogP contribution >= 0.6 is 11.3 Å². The van der Waals surface area contributed by atoms with Crippen LogP contribution < -0.4 is 10.0 Å². The molecule has 1 aliphatic rings. The number of hydrogen-bond acceptors (Lipinski definition) is 7. The summed E-state index contributed by atoms with van der Waals surface area (Å²) in [6.45, 7) is 4.58. The van der Waals surface area contributed by atoms with Crippen LogP contribution in [0.15, 0.2) is 35.4 Å². The fraction of sp³-hybridized carbons (Fsp3) is 0.348. The third-order valence-corrected chi connectivity index (χ3v) is 8.23. The van der Waals surface area contributed by atoms with Crippen molar-refractivity contribution in [3.8, 4) is 10.4 Å². The number of ether oxygens (including phenoxy) is 1. The van der Waals surface area contributed by atoms with Crippen molar-refractivity contribution in [1.29, 1.82) is 0 Å². The van der Waals surface area contributed by atoms with E-state index in [1.54, 1.807) is 6.92 Å². The lowest BCUT2D eigenvalue weighted by molar-refractivity contribution is -0.117. The van der Waals surface area contributed by atoms with Gasteiger partial charge >= 0.3 is 0 Å². The highest BCUT2D eigenvalue weighted by Crippen LogP contribution is 2.34. The molecule has 3 heterocycles. The molecule has 186 valence electrons. The molecule has 2 N–H and O–H groups in total. The summed E-state index contributed by atoms with van der Waals surface area (Å²) >= 11 is 1.21. The largest absolute Gasteiger partial charge is 0.381 e. The zero-order valence-corrected chi connectivity index (χ0v) is 20.7. The second kappa shape index (κ2) is 10.3. The normalized spacial score (nSPS) is 14.6. The Morgan fingerprint density at radius 3 is 2.63 bits per heavy atom. The van der Waals surface area contributed by atoms with E-state index in [4.69, 9.17) is 4.74 Å². The van der Waals surface area contributed by atoms with Crippen molar-refractivity contribution in [2.75, 3.05) is 23.3 Å². The average Bonchev–Trinajstić information content (AvgIpc) is 3.16. The highest BCUT2D eigenvalue weighted by molar-refractivity contribution is 7.92. The Labute approximate surface area is 205 Å². The van der Waals surface area contributed by atoms with Crippen molar-refractivity contribution >= 4 is 38.1 Å². The molecule has 0 unspecified atom stereocenters. The lowest BCUT2D eigenvalue weighted by Crippen LogP contribution is -2.22. The summed E-state index contributed by atoms with van der Waals surface area (Å²) < 4.78 is 60.6. The zero-order valence-electron chi connectivity index (χ0n) is 19.1. The maximum atomic E-state index is 14.0. The molecule has 0 radical (unpaired) electrons. The number of aryl methyl sites for hydroxylation is 2. The number of rotatable bonds is 7. The molecule has 35 heavy (non-hydrogen) atoms. The average molecular weight is 523 g/mol. The Morgan fingerprint density at radius 2 is 1.91 bits per heavy atom. The highest BCUT2D eigenvalue weighted by atomic mass is 32.2. The summed E-state index contributed by atoms with van der Waals surface area (Å²) in [6, 6.07) is 3.98. The number of halogens is 2. The number of thiazole rings is 1. The Morgan fingerprint density at radius 1 is 1.17 bits per heavy atom. The molecule has 4 rings (SSSR count). The number of carbonyl (C=O) groups is 1. The third kappa shape index (κ3) is 6.00. The van der Waals surface area contributed by atoms with E-state index in [0.717, 1.165) is 25.0 Å². The molecule has 0 bridgehead atoms. The van der Waals surface area contributed by atoms with E-state index in [1.165, 1.54) is 30.5 Å². The summed E-state index contributed by atoms with van der Waals surface area (Å²) in [5.74, 6) is -1.71. The van der Waals surface area contributed by atoms with E-state index in [-0.39, 0.29) is 28.1 Å². The summed E-state index contributed by atoms with van der Waals surface area (Å²) in [5, 5.41) is 3.23. The van der Waals surface area contributed by atoms with Gasteiger partial charge in [-0.15, -0.1) is 0 Å². The monoisotopic (exact) mass is 522 g/mol. The van der Waals surface area contributed by atoms with Crippen LogP contribution in [0.1, 0.15) is 30.7 Å². The first-order valence-electron chi connectivity index (χ1n) is 10.9. The van der Waals surface area contributed by atoms with Crippen molar-refractivity contribution in [3.05, 3.63) is 53.5 Å². The molecule has 0 atom stereocenters. The van der Waals surface area contributed by atoms with Gasteiger partial charge in [0.2, 0.25) is 5.91 Å². The first kappa shape index (κ1) is 25.1. The molecule has 1 aromatic carbocycles. The molecular weight excluding hydrogens is 498 g/mol. The molecular formula is C23H24F2N4O4S2. The summed E-state index contributed by atoms with van der Waals surface area (Å²) in [6.07, 6.45) is 3.59. The van der Waals surface area contributed by atoms with Gasteiger partial charge in [-0.2, -0.15) is 0 Å².